The number of halogens is 1. The van der Waals surface area contributed by atoms with E-state index in [1.165, 1.54) is 4.88 Å². The summed E-state index contributed by atoms with van der Waals surface area (Å²) in [4.78, 5) is 18.4. The number of aliphatic hydroxyl groups excluding tert-OH is 1. The van der Waals surface area contributed by atoms with E-state index in [-0.39, 0.29) is 13.2 Å². The van der Waals surface area contributed by atoms with E-state index in [0.717, 1.165) is 27.4 Å². The SMILES string of the molecule is Cc1sc2c(c1C)C(c1ccc(Cl)cc1)=NC(NC(=O)NCCO)c1nnc(C)n1-2. The van der Waals surface area contributed by atoms with Crippen molar-refractivity contribution in [3.8, 4) is 5.00 Å². The molecule has 0 saturated heterocycles. The average Bonchev–Trinajstić information content (AvgIpc) is 3.19. The maximum Gasteiger partial charge on any atom is 0.316 e. The molecule has 1 unspecified atom stereocenters. The van der Waals surface area contributed by atoms with E-state index in [1.54, 1.807) is 11.3 Å². The second kappa shape index (κ2) is 8.17. The third-order valence-corrected chi connectivity index (χ3v) is 6.39. The molecule has 8 nitrogen and oxygen atoms in total. The zero-order valence-corrected chi connectivity index (χ0v) is 18.3. The molecule has 3 heterocycles. The summed E-state index contributed by atoms with van der Waals surface area (Å²) in [7, 11) is 0. The lowest BCUT2D eigenvalue weighted by molar-refractivity contribution is 0.230. The largest absolute Gasteiger partial charge is 0.395 e. The number of aryl methyl sites for hydroxylation is 2. The first kappa shape index (κ1) is 20.5. The summed E-state index contributed by atoms with van der Waals surface area (Å²) in [5, 5.41) is 24.6. The number of amides is 2. The van der Waals surface area contributed by atoms with E-state index in [1.807, 2.05) is 35.8 Å². The van der Waals surface area contributed by atoms with Crippen molar-refractivity contribution in [2.45, 2.75) is 26.9 Å². The highest BCUT2D eigenvalue weighted by Gasteiger charge is 2.32. The number of thiophene rings is 1. The molecule has 0 radical (unpaired) electrons. The number of carbonyl (C=O) groups is 1. The van der Waals surface area contributed by atoms with Crippen LogP contribution in [-0.2, 0) is 0 Å². The lowest BCUT2D eigenvalue weighted by atomic mass is 10.00. The lowest BCUT2D eigenvalue weighted by Crippen LogP contribution is -2.39. The first-order chi connectivity index (χ1) is 14.4. The number of benzene rings is 1. The zero-order valence-electron chi connectivity index (χ0n) is 16.7. The molecule has 3 aromatic rings. The standard InChI is InChI=1S/C20H21ClN6O2S/c1-10-11(2)30-19-15(10)16(13-4-6-14(21)7-5-13)23-17(24-20(29)22-8-9-28)18-26-25-12(3)27(18)19/h4-7,17,28H,8-9H2,1-3H3,(H2,22,24,29). The van der Waals surface area contributed by atoms with E-state index in [4.69, 9.17) is 21.7 Å². The van der Waals surface area contributed by atoms with Crippen LogP contribution in [0.1, 0.15) is 39.4 Å². The fourth-order valence-corrected chi connectivity index (χ4v) is 4.71. The van der Waals surface area contributed by atoms with Crippen molar-refractivity contribution >= 4 is 34.7 Å². The lowest BCUT2D eigenvalue weighted by Gasteiger charge is -2.15. The summed E-state index contributed by atoms with van der Waals surface area (Å²) >= 11 is 7.74. The van der Waals surface area contributed by atoms with Crippen LogP contribution >= 0.6 is 22.9 Å². The second-order valence-corrected chi connectivity index (χ2v) is 8.55. The van der Waals surface area contributed by atoms with Crippen molar-refractivity contribution in [2.75, 3.05) is 13.2 Å². The Bertz CT molecular complexity index is 1140. The van der Waals surface area contributed by atoms with Crippen LogP contribution in [0, 0.1) is 20.8 Å². The minimum Gasteiger partial charge on any atom is -0.395 e. The number of nitrogens with one attached hydrogen (secondary N) is 2. The van der Waals surface area contributed by atoms with Gasteiger partial charge < -0.3 is 15.7 Å². The number of aliphatic hydroxyl groups is 1. The van der Waals surface area contributed by atoms with Gasteiger partial charge in [-0.3, -0.25) is 9.56 Å². The van der Waals surface area contributed by atoms with Crippen molar-refractivity contribution < 1.29 is 9.90 Å². The Balaban J connectivity index is 1.91. The van der Waals surface area contributed by atoms with Crippen LogP contribution in [0.25, 0.3) is 5.00 Å². The van der Waals surface area contributed by atoms with Gasteiger partial charge in [0.25, 0.3) is 0 Å². The normalized spacial score (nSPS) is 15.1. The summed E-state index contributed by atoms with van der Waals surface area (Å²) in [5.74, 6) is 1.24. The molecule has 0 saturated carbocycles. The maximum absolute atomic E-state index is 12.3. The van der Waals surface area contributed by atoms with Crippen molar-refractivity contribution in [3.63, 3.8) is 0 Å². The van der Waals surface area contributed by atoms with Gasteiger partial charge in [-0.15, -0.1) is 21.5 Å². The van der Waals surface area contributed by atoms with Crippen LogP contribution in [0.15, 0.2) is 29.3 Å². The number of rotatable bonds is 4. The van der Waals surface area contributed by atoms with Crippen LogP contribution in [0.3, 0.4) is 0 Å². The summed E-state index contributed by atoms with van der Waals surface area (Å²) < 4.78 is 1.95. The van der Waals surface area contributed by atoms with E-state index in [9.17, 15) is 4.79 Å². The first-order valence-electron chi connectivity index (χ1n) is 9.42. The number of hydrogen-bond acceptors (Lipinski definition) is 6. The van der Waals surface area contributed by atoms with Gasteiger partial charge in [0.1, 0.15) is 10.8 Å². The Morgan fingerprint density at radius 3 is 2.67 bits per heavy atom. The number of hydrogen-bond donors (Lipinski definition) is 3. The van der Waals surface area contributed by atoms with Gasteiger partial charge in [-0.25, -0.2) is 4.79 Å². The van der Waals surface area contributed by atoms with Gasteiger partial charge in [-0.2, -0.15) is 0 Å². The highest BCUT2D eigenvalue weighted by molar-refractivity contribution is 7.15. The molecule has 1 aliphatic heterocycles. The number of nitrogens with zero attached hydrogens (tertiary/aromatic N) is 4. The molecule has 30 heavy (non-hydrogen) atoms. The van der Waals surface area contributed by atoms with Crippen molar-refractivity contribution in [1.82, 2.24) is 25.4 Å². The van der Waals surface area contributed by atoms with Gasteiger partial charge in [-0.1, -0.05) is 23.7 Å². The van der Waals surface area contributed by atoms with Gasteiger partial charge in [0, 0.05) is 27.6 Å². The Morgan fingerprint density at radius 1 is 1.23 bits per heavy atom. The molecule has 0 spiro atoms. The highest BCUT2D eigenvalue weighted by atomic mass is 35.5. The maximum atomic E-state index is 12.3. The molecule has 2 amide bonds. The Morgan fingerprint density at radius 2 is 1.97 bits per heavy atom. The zero-order chi connectivity index (χ0) is 21.4. The van der Waals surface area contributed by atoms with Crippen LogP contribution in [0.4, 0.5) is 4.79 Å². The fraction of sp³-hybridized carbons (Fsp3) is 0.300. The van der Waals surface area contributed by atoms with Gasteiger partial charge in [0.15, 0.2) is 12.0 Å². The van der Waals surface area contributed by atoms with Gasteiger partial charge in [0.05, 0.1) is 12.3 Å². The Hall–Kier alpha value is -2.75. The number of aromatic nitrogens is 3. The van der Waals surface area contributed by atoms with Crippen molar-refractivity contribution in [3.05, 3.63) is 62.5 Å². The minimum atomic E-state index is -0.755. The van der Waals surface area contributed by atoms with E-state index >= 15 is 0 Å². The quantitative estimate of drug-likeness (QED) is 0.575. The van der Waals surface area contributed by atoms with Gasteiger partial charge in [0.2, 0.25) is 0 Å². The predicted molar refractivity (Wildman–Crippen MR) is 117 cm³/mol. The number of carbonyl (C=O) groups excluding carboxylic acids is 1. The van der Waals surface area contributed by atoms with Gasteiger partial charge in [-0.05, 0) is 38.5 Å². The minimum absolute atomic E-state index is 0.143. The summed E-state index contributed by atoms with van der Waals surface area (Å²) in [6, 6.07) is 7.03. The fourth-order valence-electron chi connectivity index (χ4n) is 3.37. The third kappa shape index (κ3) is 3.60. The first-order valence-corrected chi connectivity index (χ1v) is 10.6. The molecule has 156 valence electrons. The highest BCUT2D eigenvalue weighted by Crippen LogP contribution is 2.38. The summed E-state index contributed by atoms with van der Waals surface area (Å²) in [6.45, 7) is 6.01. The van der Waals surface area contributed by atoms with Crippen LogP contribution in [-0.4, -0.2) is 44.8 Å². The molecule has 2 aromatic heterocycles. The molecule has 0 aliphatic carbocycles. The van der Waals surface area contributed by atoms with E-state index in [2.05, 4.69) is 34.7 Å². The molecule has 3 N–H and O–H groups in total. The molecule has 1 aliphatic rings. The van der Waals surface area contributed by atoms with Crippen LogP contribution in [0.2, 0.25) is 5.02 Å². The average molecular weight is 445 g/mol. The number of fused-ring (bicyclic) bond motifs is 3. The smallest absolute Gasteiger partial charge is 0.316 e. The molecule has 0 fully saturated rings. The molecular weight excluding hydrogens is 424 g/mol. The molecule has 10 heteroatoms. The van der Waals surface area contributed by atoms with Crippen molar-refractivity contribution in [2.24, 2.45) is 4.99 Å². The third-order valence-electron chi connectivity index (χ3n) is 4.94. The van der Waals surface area contributed by atoms with Crippen molar-refractivity contribution in [1.29, 1.82) is 0 Å². The van der Waals surface area contributed by atoms with E-state index in [0.29, 0.717) is 16.7 Å². The Kier molecular flexibility index (Phi) is 5.59. The number of urea groups is 1. The molecular formula is C20H21ClN6O2S. The van der Waals surface area contributed by atoms with Crippen LogP contribution < -0.4 is 10.6 Å². The monoisotopic (exact) mass is 444 g/mol. The second-order valence-electron chi connectivity index (χ2n) is 6.92. The number of aliphatic imine (C=N–C) groups is 1. The molecule has 1 atom stereocenters. The topological polar surface area (TPSA) is 104 Å². The summed E-state index contributed by atoms with van der Waals surface area (Å²) in [5.41, 5.74) is 3.75. The van der Waals surface area contributed by atoms with E-state index < -0.39 is 12.2 Å². The Labute approximate surface area is 182 Å². The molecule has 0 bridgehead atoms. The summed E-state index contributed by atoms with van der Waals surface area (Å²) in [6.07, 6.45) is -0.755. The molecule has 1 aromatic carbocycles. The van der Waals surface area contributed by atoms with Gasteiger partial charge >= 0.3 is 6.03 Å². The predicted octanol–water partition coefficient (Wildman–Crippen LogP) is 3.05. The molecule has 4 rings (SSSR count). The van der Waals surface area contributed by atoms with Crippen LogP contribution in [0.5, 0.6) is 0 Å².